The monoisotopic (exact) mass is 262 g/mol. The minimum atomic E-state index is -0.397. The van der Waals surface area contributed by atoms with E-state index in [9.17, 15) is 14.7 Å². The van der Waals surface area contributed by atoms with Crippen LogP contribution < -0.4 is 10.6 Å². The van der Waals surface area contributed by atoms with Crippen molar-refractivity contribution in [2.45, 2.75) is 18.9 Å². The number of carbonyl (C=O) groups is 2. The van der Waals surface area contributed by atoms with Gasteiger partial charge in [-0.25, -0.2) is 0 Å². The first-order valence-electron chi connectivity index (χ1n) is 6.43. The van der Waals surface area contributed by atoms with Crippen LogP contribution in [0, 0.1) is 5.92 Å². The first-order chi connectivity index (χ1) is 9.20. The molecule has 1 saturated heterocycles. The summed E-state index contributed by atoms with van der Waals surface area (Å²) in [7, 11) is 0. The average molecular weight is 262 g/mol. The highest BCUT2D eigenvalue weighted by Crippen LogP contribution is 2.15. The molecule has 3 N–H and O–H groups in total. The highest BCUT2D eigenvalue weighted by atomic mass is 16.3. The zero-order valence-electron chi connectivity index (χ0n) is 10.6. The third-order valence-electron chi connectivity index (χ3n) is 3.34. The Morgan fingerprint density at radius 3 is 2.74 bits per heavy atom. The Morgan fingerprint density at radius 2 is 2.16 bits per heavy atom. The summed E-state index contributed by atoms with van der Waals surface area (Å²) >= 11 is 0. The van der Waals surface area contributed by atoms with Gasteiger partial charge < -0.3 is 15.7 Å². The standard InChI is InChI=1S/C14H18N2O3/c17-9-12(10-4-2-1-3-5-10)16-14(19)11-6-7-13(18)15-8-11/h1-5,11-12,17H,6-9H2,(H,15,18)(H,16,19). The van der Waals surface area contributed by atoms with E-state index in [1.165, 1.54) is 0 Å². The van der Waals surface area contributed by atoms with Crippen LogP contribution in [0.1, 0.15) is 24.4 Å². The lowest BCUT2D eigenvalue weighted by molar-refractivity contribution is -0.129. The van der Waals surface area contributed by atoms with E-state index >= 15 is 0 Å². The molecule has 0 saturated carbocycles. The maximum Gasteiger partial charge on any atom is 0.225 e. The fourth-order valence-electron chi connectivity index (χ4n) is 2.17. The van der Waals surface area contributed by atoms with Crippen molar-refractivity contribution in [1.29, 1.82) is 0 Å². The normalized spacial score (nSPS) is 20.5. The van der Waals surface area contributed by atoms with Crippen molar-refractivity contribution in [3.8, 4) is 0 Å². The Balaban J connectivity index is 1.95. The molecule has 0 spiro atoms. The Bertz CT molecular complexity index is 437. The van der Waals surface area contributed by atoms with E-state index in [4.69, 9.17) is 0 Å². The van der Waals surface area contributed by atoms with Gasteiger partial charge in [0, 0.05) is 13.0 Å². The molecule has 0 aromatic heterocycles. The summed E-state index contributed by atoms with van der Waals surface area (Å²) in [5.41, 5.74) is 0.873. The minimum absolute atomic E-state index is 0.00850. The van der Waals surface area contributed by atoms with Gasteiger partial charge in [-0.3, -0.25) is 9.59 Å². The molecule has 0 aliphatic carbocycles. The summed E-state index contributed by atoms with van der Waals surface area (Å²) in [5, 5.41) is 14.9. The highest BCUT2D eigenvalue weighted by Gasteiger charge is 2.26. The highest BCUT2D eigenvalue weighted by molar-refractivity contribution is 5.83. The lowest BCUT2D eigenvalue weighted by Gasteiger charge is -2.24. The van der Waals surface area contributed by atoms with Crippen LogP contribution in [-0.4, -0.2) is 30.1 Å². The van der Waals surface area contributed by atoms with E-state index in [0.29, 0.717) is 19.4 Å². The first kappa shape index (κ1) is 13.5. The fourth-order valence-corrected chi connectivity index (χ4v) is 2.17. The van der Waals surface area contributed by atoms with Gasteiger partial charge in [-0.15, -0.1) is 0 Å². The van der Waals surface area contributed by atoms with Crippen LogP contribution in [0.25, 0.3) is 0 Å². The molecule has 1 aliphatic rings. The summed E-state index contributed by atoms with van der Waals surface area (Å²) in [4.78, 5) is 23.1. The molecule has 1 aromatic carbocycles. The third kappa shape index (κ3) is 3.54. The van der Waals surface area contributed by atoms with Gasteiger partial charge in [0.05, 0.1) is 18.6 Å². The van der Waals surface area contributed by atoms with Gasteiger partial charge in [-0.2, -0.15) is 0 Å². The molecule has 5 heteroatoms. The maximum atomic E-state index is 12.1. The topological polar surface area (TPSA) is 78.4 Å². The number of hydrogen-bond donors (Lipinski definition) is 3. The van der Waals surface area contributed by atoms with Gasteiger partial charge in [0.15, 0.2) is 0 Å². The molecule has 2 amide bonds. The van der Waals surface area contributed by atoms with Gasteiger partial charge in [0.25, 0.3) is 0 Å². The molecule has 102 valence electrons. The van der Waals surface area contributed by atoms with Crippen LogP contribution in [0.15, 0.2) is 30.3 Å². The number of carbonyl (C=O) groups excluding carboxylic acids is 2. The number of aliphatic hydroxyl groups excluding tert-OH is 1. The summed E-state index contributed by atoms with van der Waals surface area (Å²) in [6.07, 6.45) is 0.942. The van der Waals surface area contributed by atoms with Crippen LogP contribution in [0.5, 0.6) is 0 Å². The molecule has 0 bridgehead atoms. The number of piperidine rings is 1. The molecule has 19 heavy (non-hydrogen) atoms. The van der Waals surface area contributed by atoms with Crippen LogP contribution in [-0.2, 0) is 9.59 Å². The quantitative estimate of drug-likeness (QED) is 0.733. The molecular formula is C14H18N2O3. The summed E-state index contributed by atoms with van der Waals surface area (Å²) in [6, 6.07) is 8.95. The molecule has 1 aromatic rings. The van der Waals surface area contributed by atoms with Crippen molar-refractivity contribution < 1.29 is 14.7 Å². The number of nitrogens with one attached hydrogen (secondary N) is 2. The van der Waals surface area contributed by atoms with Crippen molar-refractivity contribution in [2.75, 3.05) is 13.2 Å². The van der Waals surface area contributed by atoms with Gasteiger partial charge in [-0.1, -0.05) is 30.3 Å². The predicted octanol–water partition coefficient (Wildman–Crippen LogP) is 0.362. The van der Waals surface area contributed by atoms with Crippen molar-refractivity contribution in [1.82, 2.24) is 10.6 Å². The predicted molar refractivity (Wildman–Crippen MR) is 70.1 cm³/mol. The van der Waals surface area contributed by atoms with Gasteiger partial charge in [0.2, 0.25) is 11.8 Å². The zero-order valence-corrected chi connectivity index (χ0v) is 10.6. The molecule has 2 rings (SSSR count). The Labute approximate surface area is 112 Å². The van der Waals surface area contributed by atoms with E-state index in [2.05, 4.69) is 10.6 Å². The zero-order chi connectivity index (χ0) is 13.7. The molecule has 1 heterocycles. The Morgan fingerprint density at radius 1 is 1.42 bits per heavy atom. The lowest BCUT2D eigenvalue weighted by atomic mass is 9.97. The van der Waals surface area contributed by atoms with Gasteiger partial charge >= 0.3 is 0 Å². The van der Waals surface area contributed by atoms with Crippen molar-refractivity contribution in [3.63, 3.8) is 0 Å². The van der Waals surface area contributed by atoms with Crippen LogP contribution in [0.4, 0.5) is 0 Å². The summed E-state index contributed by atoms with van der Waals surface area (Å²) < 4.78 is 0. The summed E-state index contributed by atoms with van der Waals surface area (Å²) in [5.74, 6) is -0.343. The Hall–Kier alpha value is -1.88. The maximum absolute atomic E-state index is 12.1. The van der Waals surface area contributed by atoms with Gasteiger partial charge in [-0.05, 0) is 12.0 Å². The molecule has 5 nitrogen and oxygen atoms in total. The number of rotatable bonds is 4. The summed E-state index contributed by atoms with van der Waals surface area (Å²) in [6.45, 7) is 0.229. The molecule has 1 fully saturated rings. The molecule has 0 radical (unpaired) electrons. The van der Waals surface area contributed by atoms with Crippen LogP contribution in [0.3, 0.4) is 0 Å². The number of hydrogen-bond acceptors (Lipinski definition) is 3. The van der Waals surface area contributed by atoms with E-state index in [0.717, 1.165) is 5.56 Å². The fraction of sp³-hybridized carbons (Fsp3) is 0.429. The van der Waals surface area contributed by atoms with E-state index in [1.807, 2.05) is 30.3 Å². The van der Waals surface area contributed by atoms with Crippen molar-refractivity contribution in [2.24, 2.45) is 5.92 Å². The smallest absolute Gasteiger partial charge is 0.225 e. The van der Waals surface area contributed by atoms with Crippen molar-refractivity contribution >= 4 is 11.8 Å². The largest absolute Gasteiger partial charge is 0.394 e. The van der Waals surface area contributed by atoms with Crippen LogP contribution in [0.2, 0.25) is 0 Å². The number of amides is 2. The second-order valence-electron chi connectivity index (χ2n) is 4.69. The molecule has 1 aliphatic heterocycles. The second-order valence-corrected chi connectivity index (χ2v) is 4.69. The minimum Gasteiger partial charge on any atom is -0.394 e. The molecular weight excluding hydrogens is 244 g/mol. The third-order valence-corrected chi connectivity index (χ3v) is 3.34. The van der Waals surface area contributed by atoms with E-state index in [-0.39, 0.29) is 24.3 Å². The molecule has 2 atom stereocenters. The lowest BCUT2D eigenvalue weighted by Crippen LogP contribution is -2.44. The van der Waals surface area contributed by atoms with Crippen molar-refractivity contribution in [3.05, 3.63) is 35.9 Å². The van der Waals surface area contributed by atoms with Crippen LogP contribution >= 0.6 is 0 Å². The Kier molecular flexibility index (Phi) is 4.52. The second kappa shape index (κ2) is 6.33. The van der Waals surface area contributed by atoms with E-state index in [1.54, 1.807) is 0 Å². The average Bonchev–Trinajstić information content (AvgIpc) is 2.46. The SMILES string of the molecule is O=C1CCC(C(=O)NC(CO)c2ccccc2)CN1. The van der Waals surface area contributed by atoms with Gasteiger partial charge in [0.1, 0.15) is 0 Å². The first-order valence-corrected chi connectivity index (χ1v) is 6.43. The number of benzene rings is 1. The molecule has 2 unspecified atom stereocenters. The number of aliphatic hydroxyl groups is 1. The van der Waals surface area contributed by atoms with E-state index < -0.39 is 6.04 Å².